The van der Waals surface area contributed by atoms with E-state index in [9.17, 15) is 4.79 Å². The third-order valence-electron chi connectivity index (χ3n) is 3.22. The Labute approximate surface area is 98.0 Å². The van der Waals surface area contributed by atoms with Crippen molar-refractivity contribution in [2.45, 2.75) is 57.6 Å². The van der Waals surface area contributed by atoms with Gasteiger partial charge in [-0.15, -0.1) is 0 Å². The molecule has 2 N–H and O–H groups in total. The van der Waals surface area contributed by atoms with Gasteiger partial charge in [0.2, 0.25) is 0 Å². The van der Waals surface area contributed by atoms with Gasteiger partial charge in [0.1, 0.15) is 5.78 Å². The third kappa shape index (κ3) is 4.45. The number of hydrogen-bond acceptors (Lipinski definition) is 3. The van der Waals surface area contributed by atoms with Crippen molar-refractivity contribution in [2.75, 3.05) is 7.11 Å². The van der Waals surface area contributed by atoms with Crippen LogP contribution in [-0.2, 0) is 9.53 Å². The molecule has 1 aliphatic carbocycles. The van der Waals surface area contributed by atoms with Crippen LogP contribution in [0.4, 0.5) is 0 Å². The normalized spacial score (nSPS) is 27.4. The smallest absolute Gasteiger partial charge is 0.139 e. The van der Waals surface area contributed by atoms with Crippen molar-refractivity contribution >= 4 is 5.78 Å². The van der Waals surface area contributed by atoms with E-state index in [0.717, 1.165) is 19.3 Å². The van der Waals surface area contributed by atoms with E-state index >= 15 is 0 Å². The van der Waals surface area contributed by atoms with Crippen LogP contribution in [0.15, 0.2) is 11.6 Å². The quantitative estimate of drug-likeness (QED) is 0.730. The minimum Gasteiger partial charge on any atom is -0.381 e. The largest absolute Gasteiger partial charge is 0.381 e. The van der Waals surface area contributed by atoms with Gasteiger partial charge in [-0.05, 0) is 33.1 Å². The molecule has 0 bridgehead atoms. The molecule has 0 heterocycles. The summed E-state index contributed by atoms with van der Waals surface area (Å²) in [5, 5.41) is 0. The number of ether oxygens (including phenoxy) is 1. The molecule has 1 aliphatic rings. The fraction of sp³-hybridized carbons (Fsp3) is 0.769. The van der Waals surface area contributed by atoms with Crippen LogP contribution in [0.1, 0.15) is 46.0 Å². The van der Waals surface area contributed by atoms with E-state index in [-0.39, 0.29) is 17.4 Å². The van der Waals surface area contributed by atoms with Crippen molar-refractivity contribution in [1.82, 2.24) is 0 Å². The molecule has 0 radical (unpaired) electrons. The number of nitrogens with two attached hydrogens (primary N) is 1. The first-order valence-electron chi connectivity index (χ1n) is 5.94. The van der Waals surface area contributed by atoms with E-state index in [1.807, 2.05) is 6.92 Å². The molecule has 0 amide bonds. The van der Waals surface area contributed by atoms with E-state index in [4.69, 9.17) is 10.5 Å². The number of methoxy groups -OCH3 is 1. The van der Waals surface area contributed by atoms with Gasteiger partial charge in [-0.25, -0.2) is 0 Å². The minimum absolute atomic E-state index is 0.0245. The Morgan fingerprint density at radius 1 is 1.69 bits per heavy atom. The van der Waals surface area contributed by atoms with Gasteiger partial charge in [0, 0.05) is 25.5 Å². The Bertz CT molecular complexity index is 282. The number of carbonyl (C=O) groups excluding carboxylic acids is 1. The number of carbonyl (C=O) groups is 1. The van der Waals surface area contributed by atoms with Crippen LogP contribution in [-0.4, -0.2) is 24.5 Å². The first-order chi connectivity index (χ1) is 7.43. The van der Waals surface area contributed by atoms with Crippen molar-refractivity contribution in [2.24, 2.45) is 5.73 Å². The lowest BCUT2D eigenvalue weighted by Crippen LogP contribution is -2.37. The predicted molar refractivity (Wildman–Crippen MR) is 65.2 cm³/mol. The molecule has 0 aromatic heterocycles. The standard InChI is InChI=1S/C13H23NO2/c1-10(16-3)8-12(15)9-11-4-6-13(2,14)7-5-11/h4,10H,5-9,14H2,1-3H3/t10-,13-/m0/s1. The molecule has 0 fully saturated rings. The van der Waals surface area contributed by atoms with Crippen LogP contribution < -0.4 is 5.73 Å². The number of Topliss-reactive ketones (excluding diaryl/α,β-unsaturated/α-hetero) is 1. The van der Waals surface area contributed by atoms with Crippen molar-refractivity contribution in [1.29, 1.82) is 0 Å². The average Bonchev–Trinajstić information content (AvgIpc) is 2.21. The summed E-state index contributed by atoms with van der Waals surface area (Å²) in [5.74, 6) is 0.265. The van der Waals surface area contributed by atoms with Gasteiger partial charge in [-0.1, -0.05) is 11.6 Å². The molecule has 2 atom stereocenters. The van der Waals surface area contributed by atoms with Gasteiger partial charge in [-0.3, -0.25) is 4.79 Å². The highest BCUT2D eigenvalue weighted by Gasteiger charge is 2.22. The second kappa shape index (κ2) is 5.60. The molecule has 3 heteroatoms. The summed E-state index contributed by atoms with van der Waals surface area (Å²) in [7, 11) is 1.64. The molecule has 0 spiro atoms. The lowest BCUT2D eigenvalue weighted by Gasteiger charge is -2.28. The molecule has 0 aromatic rings. The molecule has 0 saturated carbocycles. The minimum atomic E-state index is -0.0770. The van der Waals surface area contributed by atoms with Crippen LogP contribution in [0.25, 0.3) is 0 Å². The van der Waals surface area contributed by atoms with Crippen molar-refractivity contribution in [3.8, 4) is 0 Å². The van der Waals surface area contributed by atoms with Gasteiger partial charge in [0.25, 0.3) is 0 Å². The van der Waals surface area contributed by atoms with Gasteiger partial charge in [-0.2, -0.15) is 0 Å². The Hall–Kier alpha value is -0.670. The van der Waals surface area contributed by atoms with E-state index < -0.39 is 0 Å². The second-order valence-corrected chi connectivity index (χ2v) is 5.19. The highest BCUT2D eigenvalue weighted by molar-refractivity contribution is 5.81. The van der Waals surface area contributed by atoms with Crippen molar-refractivity contribution in [3.05, 3.63) is 11.6 Å². The Morgan fingerprint density at radius 2 is 2.38 bits per heavy atom. The van der Waals surface area contributed by atoms with Gasteiger partial charge in [0.15, 0.2) is 0 Å². The lowest BCUT2D eigenvalue weighted by atomic mass is 9.83. The Morgan fingerprint density at radius 3 is 2.88 bits per heavy atom. The molecule has 16 heavy (non-hydrogen) atoms. The van der Waals surface area contributed by atoms with Crippen molar-refractivity contribution < 1.29 is 9.53 Å². The maximum absolute atomic E-state index is 11.7. The number of ketones is 1. The fourth-order valence-corrected chi connectivity index (χ4v) is 1.92. The van der Waals surface area contributed by atoms with E-state index in [0.29, 0.717) is 12.8 Å². The first kappa shape index (κ1) is 13.4. The zero-order valence-electron chi connectivity index (χ0n) is 10.6. The molecule has 92 valence electrons. The predicted octanol–water partition coefficient (Wildman–Crippen LogP) is 2.20. The summed E-state index contributed by atoms with van der Waals surface area (Å²) in [5.41, 5.74) is 7.19. The summed E-state index contributed by atoms with van der Waals surface area (Å²) < 4.78 is 5.08. The van der Waals surface area contributed by atoms with Gasteiger partial charge >= 0.3 is 0 Å². The summed E-state index contributed by atoms with van der Waals surface area (Å²) in [6.45, 7) is 3.99. The third-order valence-corrected chi connectivity index (χ3v) is 3.22. The topological polar surface area (TPSA) is 52.3 Å². The van der Waals surface area contributed by atoms with Crippen molar-refractivity contribution in [3.63, 3.8) is 0 Å². The second-order valence-electron chi connectivity index (χ2n) is 5.19. The summed E-state index contributed by atoms with van der Waals surface area (Å²) >= 11 is 0. The average molecular weight is 225 g/mol. The SMILES string of the molecule is CO[C@@H](C)CC(=O)CC1=CC[C@](C)(N)CC1. The zero-order valence-corrected chi connectivity index (χ0v) is 10.6. The monoisotopic (exact) mass is 225 g/mol. The molecule has 3 nitrogen and oxygen atoms in total. The molecule has 0 aliphatic heterocycles. The van der Waals surface area contributed by atoms with Gasteiger partial charge < -0.3 is 10.5 Å². The van der Waals surface area contributed by atoms with Crippen LogP contribution in [0.3, 0.4) is 0 Å². The maximum atomic E-state index is 11.7. The number of hydrogen-bond donors (Lipinski definition) is 1. The Balaban J connectivity index is 2.38. The van der Waals surface area contributed by atoms with Crippen LogP contribution >= 0.6 is 0 Å². The molecule has 0 unspecified atom stereocenters. The molecule has 0 saturated heterocycles. The van der Waals surface area contributed by atoms with Crippen LogP contribution in [0, 0.1) is 0 Å². The zero-order chi connectivity index (χ0) is 12.2. The number of rotatable bonds is 5. The fourth-order valence-electron chi connectivity index (χ4n) is 1.92. The molecule has 0 aromatic carbocycles. The summed E-state index contributed by atoms with van der Waals surface area (Å²) in [4.78, 5) is 11.7. The van der Waals surface area contributed by atoms with Crippen LogP contribution in [0.2, 0.25) is 0 Å². The van der Waals surface area contributed by atoms with E-state index in [1.54, 1.807) is 7.11 Å². The molecule has 1 rings (SSSR count). The van der Waals surface area contributed by atoms with Gasteiger partial charge in [0.05, 0.1) is 6.10 Å². The number of allylic oxidation sites excluding steroid dienone is 1. The molecular formula is C13H23NO2. The summed E-state index contributed by atoms with van der Waals surface area (Å²) in [6, 6.07) is 0. The highest BCUT2D eigenvalue weighted by Crippen LogP contribution is 2.27. The van der Waals surface area contributed by atoms with Crippen LogP contribution in [0.5, 0.6) is 0 Å². The maximum Gasteiger partial charge on any atom is 0.139 e. The highest BCUT2D eigenvalue weighted by atomic mass is 16.5. The Kier molecular flexibility index (Phi) is 4.69. The van der Waals surface area contributed by atoms with E-state index in [1.165, 1.54) is 5.57 Å². The molecular weight excluding hydrogens is 202 g/mol. The van der Waals surface area contributed by atoms with E-state index in [2.05, 4.69) is 13.0 Å². The first-order valence-corrected chi connectivity index (χ1v) is 5.94. The lowest BCUT2D eigenvalue weighted by molar-refractivity contribution is -0.120. The summed E-state index contributed by atoms with van der Waals surface area (Å²) in [6.07, 6.45) is 6.06.